The second kappa shape index (κ2) is 16.5. The van der Waals surface area contributed by atoms with Gasteiger partial charge in [0, 0.05) is 18.2 Å². The first-order valence-corrected chi connectivity index (χ1v) is 15.3. The molecule has 0 bridgehead atoms. The molecule has 8 heteroatoms. The predicted octanol–water partition coefficient (Wildman–Crippen LogP) is 6.62. The number of carbonyl (C=O) groups is 3. The molecule has 40 heavy (non-hydrogen) atoms. The van der Waals surface area contributed by atoms with Gasteiger partial charge in [-0.15, -0.1) is 0 Å². The zero-order chi connectivity index (χ0) is 29.7. The van der Waals surface area contributed by atoms with Crippen LogP contribution in [-0.2, 0) is 14.3 Å². The van der Waals surface area contributed by atoms with Gasteiger partial charge in [0.25, 0.3) is 0 Å². The van der Waals surface area contributed by atoms with E-state index < -0.39 is 23.8 Å². The summed E-state index contributed by atoms with van der Waals surface area (Å²) in [6.07, 6.45) is 10.5. The van der Waals surface area contributed by atoms with Crippen LogP contribution in [0.3, 0.4) is 0 Å². The van der Waals surface area contributed by atoms with Gasteiger partial charge in [-0.25, -0.2) is 4.79 Å². The minimum Gasteiger partial charge on any atom is -0.508 e. The van der Waals surface area contributed by atoms with Gasteiger partial charge in [-0.05, 0) is 52.0 Å². The Morgan fingerprint density at radius 2 is 1.62 bits per heavy atom. The maximum absolute atomic E-state index is 14.3. The number of phenols is 1. The second-order valence-corrected chi connectivity index (χ2v) is 12.5. The minimum atomic E-state index is -1.02. The third kappa shape index (κ3) is 11.0. The fourth-order valence-corrected chi connectivity index (χ4v) is 5.25. The number of hydrogen-bond acceptors (Lipinski definition) is 5. The molecule has 2 rings (SSSR count). The summed E-state index contributed by atoms with van der Waals surface area (Å²) in [5, 5.41) is 16.8. The zero-order valence-corrected chi connectivity index (χ0v) is 25.6. The first-order chi connectivity index (χ1) is 18.9. The molecule has 3 N–H and O–H groups in total. The van der Waals surface area contributed by atoms with Crippen molar-refractivity contribution < 1.29 is 24.2 Å². The lowest BCUT2D eigenvalue weighted by atomic mass is 9.94. The Hall–Kier alpha value is -2.77. The SMILES string of the molecule is CCCCCCCCN(C(=O)C(NC(=O)OC(C)(C)C)C(C)C)C(C(=O)NC1CCCCC1)c1ccccc1O. The molecule has 3 amide bonds. The van der Waals surface area contributed by atoms with Gasteiger partial charge in [-0.2, -0.15) is 0 Å². The largest absolute Gasteiger partial charge is 0.508 e. The number of nitrogens with one attached hydrogen (secondary N) is 2. The van der Waals surface area contributed by atoms with Crippen LogP contribution in [0.1, 0.15) is 124 Å². The average Bonchev–Trinajstić information content (AvgIpc) is 2.88. The summed E-state index contributed by atoms with van der Waals surface area (Å²) in [4.78, 5) is 42.5. The van der Waals surface area contributed by atoms with Gasteiger partial charge in [0.2, 0.25) is 11.8 Å². The molecule has 1 aromatic rings. The first kappa shape index (κ1) is 33.4. The number of amides is 3. The highest BCUT2D eigenvalue weighted by Gasteiger charge is 2.38. The van der Waals surface area contributed by atoms with E-state index in [1.807, 2.05) is 13.8 Å². The lowest BCUT2D eigenvalue weighted by molar-refractivity contribution is -0.143. The van der Waals surface area contributed by atoms with Crippen molar-refractivity contribution in [1.29, 1.82) is 0 Å². The Morgan fingerprint density at radius 3 is 2.23 bits per heavy atom. The van der Waals surface area contributed by atoms with Gasteiger partial charge >= 0.3 is 6.09 Å². The number of rotatable bonds is 14. The molecule has 0 heterocycles. The van der Waals surface area contributed by atoms with Crippen LogP contribution in [-0.4, -0.2) is 52.1 Å². The van der Waals surface area contributed by atoms with Crippen LogP contribution in [0.4, 0.5) is 4.79 Å². The average molecular weight is 560 g/mol. The summed E-state index contributed by atoms with van der Waals surface area (Å²) in [7, 11) is 0. The van der Waals surface area contributed by atoms with Gasteiger partial charge < -0.3 is 25.4 Å². The zero-order valence-electron chi connectivity index (χ0n) is 25.6. The van der Waals surface area contributed by atoms with E-state index >= 15 is 0 Å². The van der Waals surface area contributed by atoms with Crippen LogP contribution in [0.2, 0.25) is 0 Å². The molecule has 0 spiro atoms. The van der Waals surface area contributed by atoms with E-state index in [0.29, 0.717) is 18.5 Å². The van der Waals surface area contributed by atoms with Crippen LogP contribution in [0.5, 0.6) is 5.75 Å². The number of alkyl carbamates (subject to hydrolysis) is 1. The van der Waals surface area contributed by atoms with E-state index in [1.54, 1.807) is 49.9 Å². The van der Waals surface area contributed by atoms with E-state index in [9.17, 15) is 19.5 Å². The molecule has 0 saturated heterocycles. The quantitative estimate of drug-likeness (QED) is 0.222. The van der Waals surface area contributed by atoms with Crippen molar-refractivity contribution in [2.45, 2.75) is 136 Å². The number of phenolic OH excluding ortho intramolecular Hbond substituents is 1. The Labute approximate surface area is 241 Å². The summed E-state index contributed by atoms with van der Waals surface area (Å²) >= 11 is 0. The fourth-order valence-electron chi connectivity index (χ4n) is 5.25. The minimum absolute atomic E-state index is 0.0340. The number of unbranched alkanes of at least 4 members (excludes halogenated alkanes) is 5. The second-order valence-electron chi connectivity index (χ2n) is 12.5. The van der Waals surface area contributed by atoms with Crippen molar-refractivity contribution >= 4 is 17.9 Å². The van der Waals surface area contributed by atoms with Gasteiger partial charge in [0.15, 0.2) is 0 Å². The van der Waals surface area contributed by atoms with E-state index in [2.05, 4.69) is 17.6 Å². The van der Waals surface area contributed by atoms with Crippen LogP contribution < -0.4 is 10.6 Å². The molecule has 2 atom stereocenters. The normalized spacial score (nSPS) is 15.8. The Kier molecular flexibility index (Phi) is 13.8. The number of carbonyl (C=O) groups excluding carboxylic acids is 3. The molecule has 1 saturated carbocycles. The van der Waals surface area contributed by atoms with Gasteiger partial charge in [0.05, 0.1) is 0 Å². The Balaban J connectivity index is 2.42. The number of nitrogens with zero attached hydrogens (tertiary/aromatic N) is 1. The molecule has 1 aliphatic carbocycles. The van der Waals surface area contributed by atoms with Crippen molar-refractivity contribution in [2.24, 2.45) is 5.92 Å². The number of hydrogen-bond donors (Lipinski definition) is 3. The molecule has 0 aromatic heterocycles. The van der Waals surface area contributed by atoms with Gasteiger partial charge in [-0.1, -0.05) is 90.3 Å². The number of para-hydroxylation sites is 1. The van der Waals surface area contributed by atoms with Crippen LogP contribution in [0.15, 0.2) is 24.3 Å². The summed E-state index contributed by atoms with van der Waals surface area (Å²) in [5.74, 6) is -0.944. The lowest BCUT2D eigenvalue weighted by Gasteiger charge is -2.36. The van der Waals surface area contributed by atoms with Gasteiger partial charge in [0.1, 0.15) is 23.4 Å². The van der Waals surface area contributed by atoms with Crippen LogP contribution in [0.25, 0.3) is 0 Å². The van der Waals surface area contributed by atoms with Crippen molar-refractivity contribution in [3.05, 3.63) is 29.8 Å². The summed E-state index contributed by atoms with van der Waals surface area (Å²) < 4.78 is 5.46. The fraction of sp³-hybridized carbons (Fsp3) is 0.719. The number of benzene rings is 1. The maximum Gasteiger partial charge on any atom is 0.408 e. The molecule has 8 nitrogen and oxygen atoms in total. The highest BCUT2D eigenvalue weighted by molar-refractivity contribution is 5.92. The van der Waals surface area contributed by atoms with Crippen LogP contribution in [0, 0.1) is 5.92 Å². The Bertz CT molecular complexity index is 937. The Morgan fingerprint density at radius 1 is 1.00 bits per heavy atom. The molecular weight excluding hydrogens is 506 g/mol. The van der Waals surface area contributed by atoms with E-state index in [1.165, 1.54) is 6.42 Å². The highest BCUT2D eigenvalue weighted by Crippen LogP contribution is 2.31. The topological polar surface area (TPSA) is 108 Å². The predicted molar refractivity (Wildman–Crippen MR) is 159 cm³/mol. The first-order valence-electron chi connectivity index (χ1n) is 15.3. The summed E-state index contributed by atoms with van der Waals surface area (Å²) in [6.45, 7) is 11.5. The van der Waals surface area contributed by atoms with Crippen molar-refractivity contribution in [3.8, 4) is 5.75 Å². The lowest BCUT2D eigenvalue weighted by Crippen LogP contribution is -2.55. The number of aromatic hydroxyl groups is 1. The number of ether oxygens (including phenoxy) is 1. The third-order valence-electron chi connectivity index (χ3n) is 7.38. The van der Waals surface area contributed by atoms with Gasteiger partial charge in [-0.3, -0.25) is 9.59 Å². The maximum atomic E-state index is 14.3. The molecule has 0 radical (unpaired) electrons. The van der Waals surface area contributed by atoms with E-state index in [0.717, 1.165) is 57.8 Å². The molecular formula is C32H53N3O5. The van der Waals surface area contributed by atoms with Crippen molar-refractivity contribution in [2.75, 3.05) is 6.54 Å². The monoisotopic (exact) mass is 559 g/mol. The van der Waals surface area contributed by atoms with E-state index in [4.69, 9.17) is 4.74 Å². The van der Waals surface area contributed by atoms with Crippen molar-refractivity contribution in [1.82, 2.24) is 15.5 Å². The molecule has 2 unspecified atom stereocenters. The molecule has 0 aliphatic heterocycles. The third-order valence-corrected chi connectivity index (χ3v) is 7.38. The molecule has 1 fully saturated rings. The van der Waals surface area contributed by atoms with E-state index in [-0.39, 0.29) is 29.5 Å². The summed E-state index contributed by atoms with van der Waals surface area (Å²) in [6, 6.07) is 4.84. The standard InChI is InChI=1S/C32H53N3O5/c1-7-8-9-10-11-17-22-35(30(38)27(23(2)3)34-31(39)40-32(4,5)6)28(25-20-15-16-21-26(25)36)29(37)33-24-18-13-12-14-19-24/h15-16,20-21,23-24,27-28,36H,7-14,17-19,22H2,1-6H3,(H,33,37)(H,34,39). The molecule has 226 valence electrons. The van der Waals surface area contributed by atoms with Crippen LogP contribution >= 0.6 is 0 Å². The molecule has 1 aliphatic rings. The van der Waals surface area contributed by atoms with Crippen molar-refractivity contribution in [3.63, 3.8) is 0 Å². The molecule has 1 aromatic carbocycles. The highest BCUT2D eigenvalue weighted by atomic mass is 16.6. The smallest absolute Gasteiger partial charge is 0.408 e. The summed E-state index contributed by atoms with van der Waals surface area (Å²) in [5.41, 5.74) is -0.333.